The normalized spacial score (nSPS) is 23.4. The van der Waals surface area contributed by atoms with Crippen molar-refractivity contribution in [3.63, 3.8) is 0 Å². The number of halogens is 1. The summed E-state index contributed by atoms with van der Waals surface area (Å²) in [5, 5.41) is 1.93. The van der Waals surface area contributed by atoms with Crippen LogP contribution in [0.4, 0.5) is 15.8 Å². The quantitative estimate of drug-likeness (QED) is 0.398. The summed E-state index contributed by atoms with van der Waals surface area (Å²) < 4.78 is 15.4. The fourth-order valence-electron chi connectivity index (χ4n) is 6.29. The number of piperazine rings is 1. The molecular weight excluding hydrogens is 495 g/mol. The van der Waals surface area contributed by atoms with E-state index in [1.807, 2.05) is 34.5 Å². The lowest BCUT2D eigenvalue weighted by atomic mass is 10.1. The van der Waals surface area contributed by atoms with E-state index >= 15 is 4.39 Å². The number of hydrogen-bond donors (Lipinski definition) is 0. The Morgan fingerprint density at radius 2 is 1.71 bits per heavy atom. The zero-order chi connectivity index (χ0) is 26.2. The van der Waals surface area contributed by atoms with E-state index in [0.29, 0.717) is 40.6 Å². The summed E-state index contributed by atoms with van der Waals surface area (Å²) >= 11 is 1.45. The van der Waals surface area contributed by atoms with Gasteiger partial charge in [0, 0.05) is 58.0 Å². The summed E-state index contributed by atoms with van der Waals surface area (Å²) in [6, 6.07) is 18.1. The number of carbonyl (C=O) groups is 1. The molecule has 1 amide bonds. The van der Waals surface area contributed by atoms with Crippen molar-refractivity contribution in [3.05, 3.63) is 81.8 Å². The van der Waals surface area contributed by atoms with Crippen LogP contribution in [-0.2, 0) is 13.0 Å². The van der Waals surface area contributed by atoms with Crippen molar-refractivity contribution >= 4 is 28.6 Å². The minimum absolute atomic E-state index is 0.0235. The molecule has 1 aliphatic carbocycles. The average Bonchev–Trinajstić information content (AvgIpc) is 3.30. The molecule has 3 aliphatic rings. The van der Waals surface area contributed by atoms with Gasteiger partial charge in [-0.1, -0.05) is 37.3 Å². The van der Waals surface area contributed by atoms with E-state index in [1.54, 1.807) is 6.07 Å². The van der Waals surface area contributed by atoms with Crippen LogP contribution in [0, 0.1) is 23.6 Å². The Balaban J connectivity index is 1.14. The Kier molecular flexibility index (Phi) is 7.25. The molecule has 7 heteroatoms. The second-order valence-electron chi connectivity index (χ2n) is 11.2. The second-order valence-corrected chi connectivity index (χ2v) is 12.1. The number of benzene rings is 2. The summed E-state index contributed by atoms with van der Waals surface area (Å²) in [6.45, 7) is 9.45. The number of likely N-dealkylation sites (N-methyl/N-ethyl adjacent to an activating group) is 1. The fraction of sp³-hybridized carbons (Fsp3) is 0.452. The van der Waals surface area contributed by atoms with Crippen LogP contribution in [0.15, 0.2) is 60.0 Å². The lowest BCUT2D eigenvalue weighted by Gasteiger charge is -2.34. The minimum atomic E-state index is -0.243. The highest BCUT2D eigenvalue weighted by atomic mass is 32.1. The predicted octanol–water partition coefficient (Wildman–Crippen LogP) is 5.23. The molecule has 3 aromatic rings. The van der Waals surface area contributed by atoms with E-state index in [9.17, 15) is 4.79 Å². The third-order valence-electron chi connectivity index (χ3n) is 8.74. The van der Waals surface area contributed by atoms with E-state index in [0.717, 1.165) is 52.2 Å². The number of hydrogen-bond acceptors (Lipinski definition) is 5. The molecule has 0 spiro atoms. The van der Waals surface area contributed by atoms with E-state index in [1.165, 1.54) is 22.5 Å². The smallest absolute Gasteiger partial charge is 0.268 e. The molecule has 6 rings (SSSR count). The van der Waals surface area contributed by atoms with Crippen molar-refractivity contribution in [1.29, 1.82) is 0 Å². The van der Waals surface area contributed by atoms with Crippen molar-refractivity contribution < 1.29 is 9.18 Å². The standard InChI is InChI=1S/C31H37FN4OS/c1-3-22-6-8-23(9-7-22)18-34-19-25-26(20-34)27(25)21-36(31(37)30-5-4-16-38-30)24-10-11-29(28(32)17-24)35-14-12-33(2)13-15-35/h4-11,16-17,25-27H,3,12-15,18-21H2,1-2H3. The maximum atomic E-state index is 15.4. The molecule has 3 fully saturated rings. The molecule has 2 unspecified atom stereocenters. The van der Waals surface area contributed by atoms with Gasteiger partial charge in [0.05, 0.1) is 10.6 Å². The van der Waals surface area contributed by atoms with Gasteiger partial charge < -0.3 is 14.7 Å². The third-order valence-corrected chi connectivity index (χ3v) is 9.60. The number of fused-ring (bicyclic) bond motifs is 1. The van der Waals surface area contributed by atoms with Gasteiger partial charge >= 0.3 is 0 Å². The first-order chi connectivity index (χ1) is 18.5. The molecular formula is C31H37FN4OS. The lowest BCUT2D eigenvalue weighted by molar-refractivity contribution is 0.0988. The van der Waals surface area contributed by atoms with E-state index in [2.05, 4.69) is 52.9 Å². The van der Waals surface area contributed by atoms with Crippen molar-refractivity contribution in [2.45, 2.75) is 19.9 Å². The lowest BCUT2D eigenvalue weighted by Crippen LogP contribution is -2.44. The van der Waals surface area contributed by atoms with Crippen LogP contribution in [0.5, 0.6) is 0 Å². The van der Waals surface area contributed by atoms with Gasteiger partial charge in [0.2, 0.25) is 0 Å². The molecule has 0 radical (unpaired) electrons. The number of rotatable bonds is 8. The van der Waals surface area contributed by atoms with Crippen LogP contribution in [0.25, 0.3) is 0 Å². The summed E-state index contributed by atoms with van der Waals surface area (Å²) in [7, 11) is 2.10. The highest BCUT2D eigenvalue weighted by Gasteiger charge is 2.56. The molecule has 0 N–H and O–H groups in total. The highest BCUT2D eigenvalue weighted by molar-refractivity contribution is 7.12. The van der Waals surface area contributed by atoms with Crippen LogP contribution in [0.3, 0.4) is 0 Å². The maximum Gasteiger partial charge on any atom is 0.268 e. The largest absolute Gasteiger partial charge is 0.367 e. The number of anilines is 2. The van der Waals surface area contributed by atoms with Crippen LogP contribution in [-0.4, -0.2) is 68.6 Å². The SMILES string of the molecule is CCc1ccc(CN2CC3C(C2)C3CN(C(=O)c2cccs2)c2ccc(N3CCN(C)CC3)c(F)c2)cc1. The molecule has 2 saturated heterocycles. The molecule has 1 saturated carbocycles. The number of amides is 1. The number of aryl methyl sites for hydroxylation is 1. The first-order valence-corrected chi connectivity index (χ1v) is 14.8. The Bertz CT molecular complexity index is 1240. The second kappa shape index (κ2) is 10.8. The summed E-state index contributed by atoms with van der Waals surface area (Å²) in [6.07, 6.45) is 1.07. The van der Waals surface area contributed by atoms with Crippen LogP contribution >= 0.6 is 11.3 Å². The average molecular weight is 533 g/mol. The minimum Gasteiger partial charge on any atom is -0.367 e. The molecule has 200 valence electrons. The number of likely N-dealkylation sites (tertiary alicyclic amines) is 1. The number of nitrogens with zero attached hydrogens (tertiary/aromatic N) is 4. The third kappa shape index (κ3) is 5.24. The Labute approximate surface area is 229 Å². The molecule has 2 atom stereocenters. The molecule has 1 aromatic heterocycles. The van der Waals surface area contributed by atoms with Gasteiger partial charge in [-0.05, 0) is 72.0 Å². The number of carbonyl (C=O) groups excluding carboxylic acids is 1. The van der Waals surface area contributed by atoms with Crippen molar-refractivity contribution in [2.75, 3.05) is 62.7 Å². The van der Waals surface area contributed by atoms with Crippen molar-refractivity contribution in [2.24, 2.45) is 17.8 Å². The fourth-order valence-corrected chi connectivity index (χ4v) is 6.96. The molecule has 38 heavy (non-hydrogen) atoms. The highest BCUT2D eigenvalue weighted by Crippen LogP contribution is 2.52. The zero-order valence-electron chi connectivity index (χ0n) is 22.4. The monoisotopic (exact) mass is 532 g/mol. The molecule has 5 nitrogen and oxygen atoms in total. The van der Waals surface area contributed by atoms with Crippen LogP contribution < -0.4 is 9.80 Å². The van der Waals surface area contributed by atoms with E-state index in [4.69, 9.17) is 0 Å². The van der Waals surface area contributed by atoms with Gasteiger partial charge in [0.1, 0.15) is 5.82 Å². The molecule has 3 heterocycles. The Morgan fingerprint density at radius 3 is 2.34 bits per heavy atom. The van der Waals surface area contributed by atoms with Gasteiger partial charge in [0.25, 0.3) is 5.91 Å². The molecule has 0 bridgehead atoms. The number of piperidine rings is 1. The van der Waals surface area contributed by atoms with Crippen molar-refractivity contribution in [3.8, 4) is 0 Å². The van der Waals surface area contributed by atoms with E-state index in [-0.39, 0.29) is 11.7 Å². The van der Waals surface area contributed by atoms with Crippen LogP contribution in [0.1, 0.15) is 27.7 Å². The molecule has 2 aromatic carbocycles. The first-order valence-electron chi connectivity index (χ1n) is 13.9. The van der Waals surface area contributed by atoms with Gasteiger partial charge in [-0.25, -0.2) is 4.39 Å². The topological polar surface area (TPSA) is 30.0 Å². The Hall–Kier alpha value is -2.74. The summed E-state index contributed by atoms with van der Waals surface area (Å²) in [4.78, 5) is 23.0. The van der Waals surface area contributed by atoms with E-state index < -0.39 is 0 Å². The predicted molar refractivity (Wildman–Crippen MR) is 154 cm³/mol. The van der Waals surface area contributed by atoms with Gasteiger partial charge in [-0.15, -0.1) is 11.3 Å². The zero-order valence-corrected chi connectivity index (χ0v) is 23.2. The van der Waals surface area contributed by atoms with Crippen LogP contribution in [0.2, 0.25) is 0 Å². The maximum absolute atomic E-state index is 15.4. The number of thiophene rings is 1. The van der Waals surface area contributed by atoms with Gasteiger partial charge in [0.15, 0.2) is 0 Å². The van der Waals surface area contributed by atoms with Crippen molar-refractivity contribution in [1.82, 2.24) is 9.80 Å². The summed E-state index contributed by atoms with van der Waals surface area (Å²) in [5.41, 5.74) is 4.04. The summed E-state index contributed by atoms with van der Waals surface area (Å²) in [5.74, 6) is 1.42. The first kappa shape index (κ1) is 25.5. The Morgan fingerprint density at radius 1 is 1.00 bits per heavy atom. The van der Waals surface area contributed by atoms with Gasteiger partial charge in [-0.3, -0.25) is 9.69 Å². The van der Waals surface area contributed by atoms with Gasteiger partial charge in [-0.2, -0.15) is 0 Å². The molecule has 2 aliphatic heterocycles.